The van der Waals surface area contributed by atoms with Crippen molar-refractivity contribution < 1.29 is 8.78 Å². The van der Waals surface area contributed by atoms with Crippen molar-refractivity contribution in [3.8, 4) is 0 Å². The molecule has 1 aliphatic carbocycles. The summed E-state index contributed by atoms with van der Waals surface area (Å²) < 4.78 is 26.5. The van der Waals surface area contributed by atoms with E-state index in [-0.39, 0.29) is 13.0 Å². The Bertz CT molecular complexity index is 545. The standard InChI is InChI=1S/C13H15F2N3/c14-13(15)7-12(13,8-16)6-5-11-17-9-3-1-2-4-10(9)18-11/h1-4H,5-8,16H2,(H,17,18). The number of hydrogen-bond acceptors (Lipinski definition) is 2. The van der Waals surface area contributed by atoms with E-state index in [1.807, 2.05) is 24.3 Å². The highest BCUT2D eigenvalue weighted by atomic mass is 19.3. The summed E-state index contributed by atoms with van der Waals surface area (Å²) in [4.78, 5) is 7.53. The fourth-order valence-electron chi connectivity index (χ4n) is 2.46. The van der Waals surface area contributed by atoms with Gasteiger partial charge in [-0.3, -0.25) is 0 Å². The van der Waals surface area contributed by atoms with Gasteiger partial charge >= 0.3 is 0 Å². The molecule has 3 nitrogen and oxygen atoms in total. The number of nitrogens with two attached hydrogens (primary N) is 1. The smallest absolute Gasteiger partial charge is 0.255 e. The fourth-order valence-corrected chi connectivity index (χ4v) is 2.46. The molecule has 1 aromatic heterocycles. The molecule has 0 aliphatic heterocycles. The second-order valence-electron chi connectivity index (χ2n) is 5.07. The number of imidazole rings is 1. The molecule has 1 fully saturated rings. The number of rotatable bonds is 4. The first kappa shape index (κ1) is 11.6. The number of benzene rings is 1. The SMILES string of the molecule is NCC1(CCc2nc3ccccc3[nH]2)CC1(F)F. The normalized spacial score (nSPS) is 25.5. The summed E-state index contributed by atoms with van der Waals surface area (Å²) in [6, 6.07) is 7.65. The van der Waals surface area contributed by atoms with Crippen molar-refractivity contribution in [2.75, 3.05) is 6.54 Å². The molecule has 0 bridgehead atoms. The van der Waals surface area contributed by atoms with Crippen LogP contribution in [0.4, 0.5) is 8.78 Å². The van der Waals surface area contributed by atoms with Gasteiger partial charge in [-0.1, -0.05) is 12.1 Å². The van der Waals surface area contributed by atoms with Gasteiger partial charge in [0.25, 0.3) is 5.92 Å². The van der Waals surface area contributed by atoms with Gasteiger partial charge in [0.1, 0.15) is 5.82 Å². The number of aromatic nitrogens is 2. The molecule has 1 aliphatic rings. The van der Waals surface area contributed by atoms with Crippen LogP contribution in [0.25, 0.3) is 11.0 Å². The van der Waals surface area contributed by atoms with Gasteiger partial charge in [0.05, 0.1) is 16.4 Å². The Balaban J connectivity index is 1.74. The average Bonchev–Trinajstić information content (AvgIpc) is 2.72. The number of hydrogen-bond donors (Lipinski definition) is 2. The van der Waals surface area contributed by atoms with Crippen LogP contribution in [0, 0.1) is 5.41 Å². The van der Waals surface area contributed by atoms with Crippen LogP contribution >= 0.6 is 0 Å². The highest BCUT2D eigenvalue weighted by Gasteiger charge is 2.69. The predicted molar refractivity (Wildman–Crippen MR) is 65.5 cm³/mol. The van der Waals surface area contributed by atoms with Crippen LogP contribution < -0.4 is 5.73 Å². The van der Waals surface area contributed by atoms with Gasteiger partial charge in [-0.15, -0.1) is 0 Å². The zero-order chi connectivity index (χ0) is 12.8. The lowest BCUT2D eigenvalue weighted by molar-refractivity contribution is 0.0633. The molecule has 0 spiro atoms. The second-order valence-corrected chi connectivity index (χ2v) is 5.07. The van der Waals surface area contributed by atoms with Crippen molar-refractivity contribution in [3.63, 3.8) is 0 Å². The lowest BCUT2D eigenvalue weighted by atomic mass is 9.99. The molecule has 96 valence electrons. The zero-order valence-electron chi connectivity index (χ0n) is 9.92. The van der Waals surface area contributed by atoms with E-state index in [0.717, 1.165) is 16.9 Å². The van der Waals surface area contributed by atoms with Crippen LogP contribution in [0.15, 0.2) is 24.3 Å². The molecule has 0 amide bonds. The molecule has 1 heterocycles. The first-order valence-corrected chi connectivity index (χ1v) is 6.08. The molecular weight excluding hydrogens is 236 g/mol. The van der Waals surface area contributed by atoms with Crippen molar-refractivity contribution in [1.82, 2.24) is 9.97 Å². The lowest BCUT2D eigenvalue weighted by Crippen LogP contribution is -2.23. The summed E-state index contributed by atoms with van der Waals surface area (Å²) in [6.45, 7) is 0.0419. The summed E-state index contributed by atoms with van der Waals surface area (Å²) in [5.74, 6) is -1.83. The average molecular weight is 251 g/mol. The van der Waals surface area contributed by atoms with Gasteiger partial charge in [0.2, 0.25) is 0 Å². The topological polar surface area (TPSA) is 54.7 Å². The Morgan fingerprint density at radius 2 is 2.06 bits per heavy atom. The third-order valence-electron chi connectivity index (χ3n) is 3.88. The molecule has 0 radical (unpaired) electrons. The third-order valence-corrected chi connectivity index (χ3v) is 3.88. The van der Waals surface area contributed by atoms with Gasteiger partial charge in [-0.25, -0.2) is 13.8 Å². The molecule has 2 aromatic rings. The molecule has 1 aromatic carbocycles. The maximum Gasteiger partial charge on any atom is 0.255 e. The minimum Gasteiger partial charge on any atom is -0.342 e. The molecule has 3 N–H and O–H groups in total. The Hall–Kier alpha value is -1.49. The summed E-state index contributed by atoms with van der Waals surface area (Å²) in [7, 11) is 0. The van der Waals surface area contributed by atoms with Crippen LogP contribution in [0.5, 0.6) is 0 Å². The number of fused-ring (bicyclic) bond motifs is 1. The molecule has 1 saturated carbocycles. The van der Waals surface area contributed by atoms with Gasteiger partial charge in [0.15, 0.2) is 0 Å². The molecule has 1 atom stereocenters. The van der Waals surface area contributed by atoms with E-state index in [0.29, 0.717) is 12.8 Å². The summed E-state index contributed by atoms with van der Waals surface area (Å²) in [6.07, 6.45) is 0.814. The molecular formula is C13H15F2N3. The van der Waals surface area contributed by atoms with Gasteiger partial charge in [-0.2, -0.15) is 0 Å². The Morgan fingerprint density at radius 3 is 2.67 bits per heavy atom. The second kappa shape index (κ2) is 3.75. The van der Waals surface area contributed by atoms with Crippen molar-refractivity contribution in [1.29, 1.82) is 0 Å². The first-order valence-electron chi connectivity index (χ1n) is 6.08. The van der Waals surface area contributed by atoms with Crippen LogP contribution in [0.1, 0.15) is 18.7 Å². The number of para-hydroxylation sites is 2. The maximum atomic E-state index is 13.2. The van der Waals surface area contributed by atoms with Crippen molar-refractivity contribution in [3.05, 3.63) is 30.1 Å². The Morgan fingerprint density at radius 1 is 1.33 bits per heavy atom. The highest BCUT2D eigenvalue weighted by Crippen LogP contribution is 2.62. The van der Waals surface area contributed by atoms with E-state index < -0.39 is 11.3 Å². The molecule has 18 heavy (non-hydrogen) atoms. The maximum absolute atomic E-state index is 13.2. The van der Waals surface area contributed by atoms with E-state index in [4.69, 9.17) is 5.73 Å². The largest absolute Gasteiger partial charge is 0.342 e. The van der Waals surface area contributed by atoms with Gasteiger partial charge < -0.3 is 10.7 Å². The van der Waals surface area contributed by atoms with E-state index in [1.54, 1.807) is 0 Å². The van der Waals surface area contributed by atoms with Crippen LogP contribution in [-0.2, 0) is 6.42 Å². The number of alkyl halides is 2. The van der Waals surface area contributed by atoms with Crippen LogP contribution in [0.2, 0.25) is 0 Å². The number of halogens is 2. The number of H-pyrrole nitrogens is 1. The minimum absolute atomic E-state index is 0.0419. The molecule has 5 heteroatoms. The van der Waals surface area contributed by atoms with Crippen molar-refractivity contribution in [2.24, 2.45) is 11.1 Å². The van der Waals surface area contributed by atoms with E-state index in [9.17, 15) is 8.78 Å². The number of aryl methyl sites for hydroxylation is 1. The monoisotopic (exact) mass is 251 g/mol. The summed E-state index contributed by atoms with van der Waals surface area (Å²) in [5, 5.41) is 0. The van der Waals surface area contributed by atoms with Crippen LogP contribution in [0.3, 0.4) is 0 Å². The highest BCUT2D eigenvalue weighted by molar-refractivity contribution is 5.74. The molecule has 1 unspecified atom stereocenters. The lowest BCUT2D eigenvalue weighted by Gasteiger charge is -2.12. The third kappa shape index (κ3) is 1.70. The van der Waals surface area contributed by atoms with Crippen molar-refractivity contribution >= 4 is 11.0 Å². The summed E-state index contributed by atoms with van der Waals surface area (Å²) >= 11 is 0. The van der Waals surface area contributed by atoms with Gasteiger partial charge in [0, 0.05) is 19.4 Å². The predicted octanol–water partition coefficient (Wildman–Crippen LogP) is 2.48. The van der Waals surface area contributed by atoms with Crippen LogP contribution in [-0.4, -0.2) is 22.4 Å². The van der Waals surface area contributed by atoms with Gasteiger partial charge in [-0.05, 0) is 18.6 Å². The molecule has 3 rings (SSSR count). The zero-order valence-corrected chi connectivity index (χ0v) is 9.92. The molecule has 0 saturated heterocycles. The number of nitrogens with zero attached hydrogens (tertiary/aromatic N) is 1. The van der Waals surface area contributed by atoms with E-state index in [1.165, 1.54) is 0 Å². The van der Waals surface area contributed by atoms with Crippen molar-refractivity contribution in [2.45, 2.75) is 25.2 Å². The Kier molecular flexibility index (Phi) is 2.41. The first-order chi connectivity index (χ1) is 8.56. The number of aromatic amines is 1. The van der Waals surface area contributed by atoms with E-state index in [2.05, 4.69) is 9.97 Å². The summed E-state index contributed by atoms with van der Waals surface area (Å²) in [5.41, 5.74) is 6.29. The minimum atomic E-state index is -2.59. The Labute approximate surface area is 103 Å². The van der Waals surface area contributed by atoms with E-state index >= 15 is 0 Å². The number of nitrogens with one attached hydrogen (secondary N) is 1. The fraction of sp³-hybridized carbons (Fsp3) is 0.462. The quantitative estimate of drug-likeness (QED) is 0.877.